The molecule has 4 nitrogen and oxygen atoms in total. The number of hydrogen-bond acceptors (Lipinski definition) is 3. The molecule has 114 valence electrons. The summed E-state index contributed by atoms with van der Waals surface area (Å²) in [6.07, 6.45) is 4.86. The highest BCUT2D eigenvalue weighted by atomic mass is 19.1. The minimum atomic E-state index is -0.397. The molecule has 0 amide bonds. The van der Waals surface area contributed by atoms with Crippen LogP contribution in [0.25, 0.3) is 10.9 Å². The molecule has 3 rings (SSSR count). The van der Waals surface area contributed by atoms with Crippen molar-refractivity contribution in [3.05, 3.63) is 39.9 Å². The molecule has 0 unspecified atom stereocenters. The van der Waals surface area contributed by atoms with E-state index in [0.29, 0.717) is 17.7 Å². The number of hydrogen-bond donors (Lipinski definition) is 0. The number of halogens is 1. The summed E-state index contributed by atoms with van der Waals surface area (Å²) in [7, 11) is 0. The molecule has 0 atom stereocenters. The molecule has 1 saturated heterocycles. The fourth-order valence-electron chi connectivity index (χ4n) is 3.12. The van der Waals surface area contributed by atoms with Crippen molar-refractivity contribution in [2.75, 3.05) is 18.0 Å². The van der Waals surface area contributed by atoms with Crippen LogP contribution in [0.3, 0.4) is 0 Å². The van der Waals surface area contributed by atoms with Gasteiger partial charge in [-0.2, -0.15) is 5.26 Å². The molecular formula is C17H18FN3O. The first-order valence-electron chi connectivity index (χ1n) is 7.67. The van der Waals surface area contributed by atoms with E-state index >= 15 is 0 Å². The Morgan fingerprint density at radius 2 is 2.00 bits per heavy atom. The average molecular weight is 299 g/mol. The van der Waals surface area contributed by atoms with Crippen LogP contribution in [0, 0.1) is 17.1 Å². The predicted octanol–water partition coefficient (Wildman–Crippen LogP) is 3.02. The number of fused-ring (bicyclic) bond motifs is 1. The molecule has 1 aliphatic heterocycles. The summed E-state index contributed by atoms with van der Waals surface area (Å²) in [5.41, 5.74) is 0.901. The van der Waals surface area contributed by atoms with Gasteiger partial charge >= 0.3 is 0 Å². The minimum absolute atomic E-state index is 0.0551. The second kappa shape index (κ2) is 5.80. The van der Waals surface area contributed by atoms with Crippen LogP contribution in [0.2, 0.25) is 0 Å². The molecule has 0 saturated carbocycles. The Hall–Kier alpha value is -2.35. The SMILES string of the molecule is CCn1cc(C#N)c(=O)c2cc(F)c(N3CCCCC3)cc21. The summed E-state index contributed by atoms with van der Waals surface area (Å²) in [5, 5.41) is 9.34. The fraction of sp³-hybridized carbons (Fsp3) is 0.412. The van der Waals surface area contributed by atoms with E-state index in [1.165, 1.54) is 12.5 Å². The average Bonchev–Trinajstić information content (AvgIpc) is 2.56. The van der Waals surface area contributed by atoms with Crippen LogP contribution in [0.15, 0.2) is 23.1 Å². The normalized spacial score (nSPS) is 15.0. The number of nitrogens with zero attached hydrogens (tertiary/aromatic N) is 3. The molecule has 0 N–H and O–H groups in total. The van der Waals surface area contributed by atoms with Crippen molar-refractivity contribution in [1.82, 2.24) is 4.57 Å². The van der Waals surface area contributed by atoms with Crippen molar-refractivity contribution in [2.45, 2.75) is 32.7 Å². The lowest BCUT2D eigenvalue weighted by Gasteiger charge is -2.29. The van der Waals surface area contributed by atoms with Crippen LogP contribution in [0.4, 0.5) is 10.1 Å². The lowest BCUT2D eigenvalue weighted by Crippen LogP contribution is -2.30. The number of rotatable bonds is 2. The van der Waals surface area contributed by atoms with Gasteiger partial charge < -0.3 is 9.47 Å². The Morgan fingerprint density at radius 1 is 1.27 bits per heavy atom. The second-order valence-corrected chi connectivity index (χ2v) is 5.64. The number of benzene rings is 1. The third-order valence-electron chi connectivity index (χ3n) is 4.31. The molecule has 0 bridgehead atoms. The van der Waals surface area contributed by atoms with Crippen molar-refractivity contribution >= 4 is 16.6 Å². The fourth-order valence-corrected chi connectivity index (χ4v) is 3.12. The van der Waals surface area contributed by atoms with Gasteiger partial charge in [0, 0.05) is 25.8 Å². The first-order valence-corrected chi connectivity index (χ1v) is 7.67. The Bertz CT molecular complexity index is 813. The van der Waals surface area contributed by atoms with Crippen molar-refractivity contribution in [1.29, 1.82) is 5.26 Å². The van der Waals surface area contributed by atoms with Gasteiger partial charge in [0.15, 0.2) is 0 Å². The number of piperidine rings is 1. The van der Waals surface area contributed by atoms with Crippen LogP contribution < -0.4 is 10.3 Å². The van der Waals surface area contributed by atoms with Gasteiger partial charge in [-0.05, 0) is 38.3 Å². The lowest BCUT2D eigenvalue weighted by molar-refractivity contribution is 0.557. The van der Waals surface area contributed by atoms with Gasteiger partial charge in [0.2, 0.25) is 5.43 Å². The van der Waals surface area contributed by atoms with E-state index in [1.54, 1.807) is 12.3 Å². The summed E-state index contributed by atoms with van der Waals surface area (Å²) >= 11 is 0. The van der Waals surface area contributed by atoms with E-state index < -0.39 is 5.43 Å². The molecule has 1 aliphatic rings. The zero-order valence-corrected chi connectivity index (χ0v) is 12.6. The smallest absolute Gasteiger partial charge is 0.207 e. The highest BCUT2D eigenvalue weighted by molar-refractivity contribution is 5.84. The van der Waals surface area contributed by atoms with Gasteiger partial charge in [0.05, 0.1) is 16.6 Å². The summed E-state index contributed by atoms with van der Waals surface area (Å²) in [6.45, 7) is 4.25. The Morgan fingerprint density at radius 3 is 2.64 bits per heavy atom. The molecular weight excluding hydrogens is 281 g/mol. The number of pyridine rings is 1. The maximum atomic E-state index is 14.5. The summed E-state index contributed by atoms with van der Waals surface area (Å²) in [6, 6.07) is 4.93. The highest BCUT2D eigenvalue weighted by Crippen LogP contribution is 2.27. The lowest BCUT2D eigenvalue weighted by atomic mass is 10.1. The highest BCUT2D eigenvalue weighted by Gasteiger charge is 2.18. The Kier molecular flexibility index (Phi) is 3.84. The molecule has 0 aliphatic carbocycles. The van der Waals surface area contributed by atoms with E-state index in [2.05, 4.69) is 0 Å². The number of aromatic nitrogens is 1. The molecule has 0 spiro atoms. The van der Waals surface area contributed by atoms with E-state index in [0.717, 1.165) is 25.9 Å². The van der Waals surface area contributed by atoms with E-state index in [-0.39, 0.29) is 16.8 Å². The third kappa shape index (κ3) is 2.35. The second-order valence-electron chi connectivity index (χ2n) is 5.64. The van der Waals surface area contributed by atoms with Gasteiger partial charge in [0.25, 0.3) is 0 Å². The molecule has 1 aromatic carbocycles. The zero-order valence-electron chi connectivity index (χ0n) is 12.6. The monoisotopic (exact) mass is 299 g/mol. The molecule has 2 heterocycles. The van der Waals surface area contributed by atoms with Gasteiger partial charge in [-0.1, -0.05) is 0 Å². The summed E-state index contributed by atoms with van der Waals surface area (Å²) < 4.78 is 16.3. The van der Waals surface area contributed by atoms with Crippen LogP contribution >= 0.6 is 0 Å². The first-order chi connectivity index (χ1) is 10.7. The van der Waals surface area contributed by atoms with E-state index in [4.69, 9.17) is 5.26 Å². The molecule has 2 aromatic rings. The quantitative estimate of drug-likeness (QED) is 0.856. The zero-order chi connectivity index (χ0) is 15.7. The Labute approximate surface area is 128 Å². The standard InChI is InChI=1S/C17H18FN3O/c1-2-20-11-12(10-19)17(22)13-8-14(18)16(9-15(13)20)21-6-4-3-5-7-21/h8-9,11H,2-7H2,1H3. The minimum Gasteiger partial charge on any atom is -0.369 e. The van der Waals surface area contributed by atoms with Crippen molar-refractivity contribution < 1.29 is 4.39 Å². The molecule has 0 radical (unpaired) electrons. The van der Waals surface area contributed by atoms with Crippen LogP contribution in [-0.4, -0.2) is 17.7 Å². The number of aryl methyl sites for hydroxylation is 1. The molecule has 5 heteroatoms. The van der Waals surface area contributed by atoms with Crippen LogP contribution in [-0.2, 0) is 6.54 Å². The predicted molar refractivity (Wildman–Crippen MR) is 84.6 cm³/mol. The maximum Gasteiger partial charge on any atom is 0.207 e. The van der Waals surface area contributed by atoms with Gasteiger partial charge in [0.1, 0.15) is 17.4 Å². The molecule has 1 fully saturated rings. The third-order valence-corrected chi connectivity index (χ3v) is 4.31. The van der Waals surface area contributed by atoms with E-state index in [1.807, 2.05) is 22.5 Å². The maximum absolute atomic E-state index is 14.5. The molecule has 1 aromatic heterocycles. The molecule has 22 heavy (non-hydrogen) atoms. The summed E-state index contributed by atoms with van der Waals surface area (Å²) in [4.78, 5) is 14.3. The van der Waals surface area contributed by atoms with Gasteiger partial charge in [-0.15, -0.1) is 0 Å². The largest absolute Gasteiger partial charge is 0.369 e. The van der Waals surface area contributed by atoms with Crippen molar-refractivity contribution in [3.8, 4) is 6.07 Å². The number of nitriles is 1. The van der Waals surface area contributed by atoms with Gasteiger partial charge in [-0.3, -0.25) is 4.79 Å². The van der Waals surface area contributed by atoms with Crippen LogP contribution in [0.5, 0.6) is 0 Å². The van der Waals surface area contributed by atoms with Crippen molar-refractivity contribution in [2.24, 2.45) is 0 Å². The number of anilines is 1. The summed E-state index contributed by atoms with van der Waals surface area (Å²) in [5.74, 6) is -0.385. The topological polar surface area (TPSA) is 49.0 Å². The van der Waals surface area contributed by atoms with E-state index in [9.17, 15) is 9.18 Å². The van der Waals surface area contributed by atoms with Gasteiger partial charge in [-0.25, -0.2) is 4.39 Å². The first kappa shape index (κ1) is 14.6. The Balaban J connectivity index is 2.24. The van der Waals surface area contributed by atoms with Crippen molar-refractivity contribution in [3.63, 3.8) is 0 Å². The van der Waals surface area contributed by atoms with Crippen LogP contribution in [0.1, 0.15) is 31.7 Å².